The largest absolute Gasteiger partial charge is 0.325 e. The summed E-state index contributed by atoms with van der Waals surface area (Å²) in [7, 11) is 2.06. The van der Waals surface area contributed by atoms with Gasteiger partial charge in [-0.25, -0.2) is 4.98 Å². The molecule has 0 atom stereocenters. The molecule has 0 fully saturated rings. The fraction of sp³-hybridized carbons (Fsp3) is 0.208. The van der Waals surface area contributed by atoms with Crippen LogP contribution in [0, 0.1) is 11.3 Å². The second kappa shape index (κ2) is 9.52. The van der Waals surface area contributed by atoms with E-state index < -0.39 is 0 Å². The zero-order chi connectivity index (χ0) is 21.8. The van der Waals surface area contributed by atoms with Crippen molar-refractivity contribution in [3.63, 3.8) is 0 Å². The Morgan fingerprint density at radius 3 is 2.71 bits per heavy atom. The van der Waals surface area contributed by atoms with Gasteiger partial charge in [-0.3, -0.25) is 4.79 Å². The summed E-state index contributed by atoms with van der Waals surface area (Å²) in [6, 6.07) is 19.2. The number of para-hydroxylation sites is 1. The van der Waals surface area contributed by atoms with Gasteiger partial charge in [0.2, 0.25) is 5.91 Å². The Kier molecular flexibility index (Phi) is 6.57. The minimum atomic E-state index is -0.140. The van der Waals surface area contributed by atoms with Crippen molar-refractivity contribution in [2.75, 3.05) is 24.7 Å². The molecule has 0 saturated carbocycles. The summed E-state index contributed by atoms with van der Waals surface area (Å²) in [6.45, 7) is 1.60. The molecule has 0 saturated heterocycles. The van der Waals surface area contributed by atoms with Crippen LogP contribution in [0.3, 0.4) is 0 Å². The highest BCUT2D eigenvalue weighted by Gasteiger charge is 2.26. The summed E-state index contributed by atoms with van der Waals surface area (Å²) < 4.78 is 0. The van der Waals surface area contributed by atoms with Gasteiger partial charge in [-0.1, -0.05) is 59.8 Å². The zero-order valence-electron chi connectivity index (χ0n) is 17.1. The number of carbonyl (C=O) groups is 1. The normalized spacial score (nSPS) is 13.3. The van der Waals surface area contributed by atoms with Crippen LogP contribution in [0.2, 0.25) is 5.02 Å². The van der Waals surface area contributed by atoms with Crippen LogP contribution in [0.5, 0.6) is 0 Å². The molecule has 2 aromatic carbocycles. The van der Waals surface area contributed by atoms with E-state index >= 15 is 0 Å². The Labute approximate surface area is 191 Å². The Balaban J connectivity index is 1.70. The number of nitrogens with zero attached hydrogens (tertiary/aromatic N) is 3. The summed E-state index contributed by atoms with van der Waals surface area (Å²) in [5.41, 5.74) is 4.88. The monoisotopic (exact) mass is 448 g/mol. The molecule has 5 nitrogen and oxygen atoms in total. The summed E-state index contributed by atoms with van der Waals surface area (Å²) in [5.74, 6) is 0.0238. The van der Waals surface area contributed by atoms with Crippen molar-refractivity contribution in [1.82, 2.24) is 9.88 Å². The van der Waals surface area contributed by atoms with Crippen LogP contribution < -0.4 is 5.32 Å². The Bertz CT molecular complexity index is 1160. The quantitative estimate of drug-likeness (QED) is 0.556. The van der Waals surface area contributed by atoms with Crippen LogP contribution in [0.15, 0.2) is 59.6 Å². The summed E-state index contributed by atoms with van der Waals surface area (Å²) in [5, 5.41) is 14.1. The van der Waals surface area contributed by atoms with Gasteiger partial charge in [0.1, 0.15) is 11.1 Å². The van der Waals surface area contributed by atoms with Gasteiger partial charge in [0, 0.05) is 47.0 Å². The lowest BCUT2D eigenvalue weighted by atomic mass is 9.92. The van der Waals surface area contributed by atoms with E-state index in [9.17, 15) is 10.1 Å². The van der Waals surface area contributed by atoms with E-state index in [1.807, 2.05) is 54.6 Å². The Morgan fingerprint density at radius 2 is 1.97 bits per heavy atom. The number of fused-ring (bicyclic) bond motifs is 1. The highest BCUT2D eigenvalue weighted by atomic mass is 35.5. The molecule has 0 bridgehead atoms. The number of benzene rings is 2. The molecule has 1 aromatic heterocycles. The van der Waals surface area contributed by atoms with Crippen LogP contribution in [0.4, 0.5) is 5.69 Å². The molecule has 156 valence electrons. The van der Waals surface area contributed by atoms with Crippen molar-refractivity contribution in [2.45, 2.75) is 18.0 Å². The van der Waals surface area contributed by atoms with Gasteiger partial charge in [0.25, 0.3) is 0 Å². The summed E-state index contributed by atoms with van der Waals surface area (Å²) in [6.07, 6.45) is 0.790. The van der Waals surface area contributed by atoms with Gasteiger partial charge >= 0.3 is 0 Å². The molecular formula is C24H21ClN4OS. The van der Waals surface area contributed by atoms with E-state index in [2.05, 4.69) is 23.3 Å². The predicted molar refractivity (Wildman–Crippen MR) is 125 cm³/mol. The molecule has 0 radical (unpaired) electrons. The first kappa shape index (κ1) is 21.4. The summed E-state index contributed by atoms with van der Waals surface area (Å²) in [4.78, 5) is 19.5. The van der Waals surface area contributed by atoms with Crippen molar-refractivity contribution in [3.05, 3.63) is 76.4 Å². The molecule has 0 aliphatic carbocycles. The van der Waals surface area contributed by atoms with E-state index in [4.69, 9.17) is 16.6 Å². The van der Waals surface area contributed by atoms with E-state index in [0.717, 1.165) is 41.0 Å². The standard InChI is InChI=1S/C24H21ClN4OS/c1-29-12-11-21-19(14-29)23(17-9-5-6-10-20(17)25)18(13-26)24(28-21)31-15-22(30)27-16-7-3-2-4-8-16/h2-10H,11-12,14-15H2,1H3,(H,27,30). The maximum atomic E-state index is 12.5. The number of pyridine rings is 1. The first-order chi connectivity index (χ1) is 15.1. The maximum absolute atomic E-state index is 12.5. The number of carbonyl (C=O) groups excluding carboxylic acids is 1. The molecule has 31 heavy (non-hydrogen) atoms. The Morgan fingerprint density at radius 1 is 1.23 bits per heavy atom. The molecule has 0 unspecified atom stereocenters. The fourth-order valence-electron chi connectivity index (χ4n) is 3.69. The van der Waals surface area contributed by atoms with E-state index in [1.165, 1.54) is 11.8 Å². The lowest BCUT2D eigenvalue weighted by molar-refractivity contribution is -0.113. The minimum absolute atomic E-state index is 0.140. The van der Waals surface area contributed by atoms with Crippen LogP contribution >= 0.6 is 23.4 Å². The molecule has 1 amide bonds. The van der Waals surface area contributed by atoms with Crippen LogP contribution in [-0.2, 0) is 17.8 Å². The highest BCUT2D eigenvalue weighted by Crippen LogP contribution is 2.39. The van der Waals surface area contributed by atoms with Crippen molar-refractivity contribution in [3.8, 4) is 17.2 Å². The number of anilines is 1. The van der Waals surface area contributed by atoms with Crippen molar-refractivity contribution in [2.24, 2.45) is 0 Å². The Hall–Kier alpha value is -2.85. The number of thioether (sulfide) groups is 1. The number of rotatable bonds is 5. The number of likely N-dealkylation sites (N-methyl/N-ethyl adjacent to an activating group) is 1. The van der Waals surface area contributed by atoms with Crippen LogP contribution in [0.1, 0.15) is 16.8 Å². The molecule has 1 aliphatic heterocycles. The van der Waals surface area contributed by atoms with E-state index in [-0.39, 0.29) is 11.7 Å². The van der Waals surface area contributed by atoms with Gasteiger partial charge in [-0.2, -0.15) is 5.26 Å². The fourth-order valence-corrected chi connectivity index (χ4v) is 4.73. The number of amides is 1. The van der Waals surface area contributed by atoms with Crippen molar-refractivity contribution < 1.29 is 4.79 Å². The summed E-state index contributed by atoms with van der Waals surface area (Å²) >= 11 is 7.81. The van der Waals surface area contributed by atoms with Crippen LogP contribution in [0.25, 0.3) is 11.1 Å². The van der Waals surface area contributed by atoms with Gasteiger partial charge in [-0.05, 0) is 30.8 Å². The molecule has 4 rings (SSSR count). The molecule has 1 N–H and O–H groups in total. The smallest absolute Gasteiger partial charge is 0.234 e. The number of aromatic nitrogens is 1. The topological polar surface area (TPSA) is 69.0 Å². The number of hydrogen-bond donors (Lipinski definition) is 1. The van der Waals surface area contributed by atoms with E-state index in [1.54, 1.807) is 0 Å². The second-order valence-corrected chi connectivity index (χ2v) is 8.75. The first-order valence-electron chi connectivity index (χ1n) is 9.94. The average molecular weight is 449 g/mol. The number of hydrogen-bond acceptors (Lipinski definition) is 5. The van der Waals surface area contributed by atoms with Gasteiger partial charge in [0.05, 0.1) is 11.3 Å². The van der Waals surface area contributed by atoms with Gasteiger partial charge < -0.3 is 10.2 Å². The number of halogens is 1. The van der Waals surface area contributed by atoms with Crippen molar-refractivity contribution in [1.29, 1.82) is 5.26 Å². The minimum Gasteiger partial charge on any atom is -0.325 e. The molecular weight excluding hydrogens is 428 g/mol. The lowest BCUT2D eigenvalue weighted by Gasteiger charge is -2.28. The number of nitrogens with one attached hydrogen (secondary N) is 1. The maximum Gasteiger partial charge on any atom is 0.234 e. The zero-order valence-corrected chi connectivity index (χ0v) is 18.6. The molecule has 3 aromatic rings. The third kappa shape index (κ3) is 4.75. The third-order valence-electron chi connectivity index (χ3n) is 5.16. The van der Waals surface area contributed by atoms with Crippen LogP contribution in [-0.4, -0.2) is 35.1 Å². The molecule has 7 heteroatoms. The second-order valence-electron chi connectivity index (χ2n) is 7.37. The van der Waals surface area contributed by atoms with Gasteiger partial charge in [0.15, 0.2) is 0 Å². The molecule has 2 heterocycles. The average Bonchev–Trinajstić information content (AvgIpc) is 2.78. The molecule has 0 spiro atoms. The molecule has 1 aliphatic rings. The van der Waals surface area contributed by atoms with E-state index in [0.29, 0.717) is 22.2 Å². The highest BCUT2D eigenvalue weighted by molar-refractivity contribution is 8.00. The first-order valence-corrected chi connectivity index (χ1v) is 11.3. The third-order valence-corrected chi connectivity index (χ3v) is 6.47. The lowest BCUT2D eigenvalue weighted by Crippen LogP contribution is -2.28. The van der Waals surface area contributed by atoms with Crippen molar-refractivity contribution >= 4 is 35.0 Å². The number of nitriles is 1. The SMILES string of the molecule is CN1CCc2nc(SCC(=O)Nc3ccccc3)c(C#N)c(-c3ccccc3Cl)c2C1. The van der Waals surface area contributed by atoms with Gasteiger partial charge in [-0.15, -0.1) is 0 Å². The predicted octanol–water partition coefficient (Wildman–Crippen LogP) is 4.99.